The number of carboxylic acid groups (broad SMARTS) is 1. The van der Waals surface area contributed by atoms with Crippen LogP contribution in [0.3, 0.4) is 0 Å². The number of benzene rings is 3. The number of hydrogen-bond donors (Lipinski definition) is 1. The van der Waals surface area contributed by atoms with Crippen LogP contribution in [-0.2, 0) is 22.7 Å². The van der Waals surface area contributed by atoms with E-state index in [9.17, 15) is 14.4 Å². The van der Waals surface area contributed by atoms with Gasteiger partial charge in [0.25, 0.3) is 11.8 Å². The van der Waals surface area contributed by atoms with Crippen LogP contribution in [0.4, 0.5) is 0 Å². The topological polar surface area (TPSA) is 87.2 Å². The van der Waals surface area contributed by atoms with E-state index < -0.39 is 18.4 Å². The Balaban J connectivity index is 1.67. The molecule has 4 rings (SSSR count). The summed E-state index contributed by atoms with van der Waals surface area (Å²) in [5.74, 6) is -1.33. The van der Waals surface area contributed by atoms with Gasteiger partial charge in [-0.25, -0.2) is 0 Å². The van der Waals surface area contributed by atoms with Crippen LogP contribution in [0.2, 0.25) is 0 Å². The van der Waals surface area contributed by atoms with Crippen molar-refractivity contribution in [3.63, 3.8) is 0 Å². The molecule has 1 aliphatic heterocycles. The fourth-order valence-electron chi connectivity index (χ4n) is 4.37. The van der Waals surface area contributed by atoms with E-state index in [1.807, 2.05) is 65.6 Å². The number of unbranched alkanes of at least 4 members (excludes halogenated alkanes) is 2. The molecule has 9 heteroatoms. The third kappa shape index (κ3) is 8.28. The first-order valence-electron chi connectivity index (χ1n) is 13.5. The zero-order valence-electron chi connectivity index (χ0n) is 22.8. The van der Waals surface area contributed by atoms with E-state index >= 15 is 0 Å². The maximum Gasteiger partial charge on any atom is 0.323 e. The fourth-order valence-corrected chi connectivity index (χ4v) is 5.62. The molecule has 212 valence electrons. The standard InChI is InChI=1S/C32H32N2O5S2/c1-2-3-10-17-33(20-23-11-6-4-7-12-23)30(37)26-18-25(15-16-27(26)39-22-24-13-8-5-9-14-24)19-28-31(38)34(21-29(35)36)32(40)41-28/h4-9,11-16,18-19H,2-3,10,17,20-22H2,1H3,(H,35,36). The minimum atomic E-state index is -1.14. The minimum Gasteiger partial charge on any atom is -0.488 e. The maximum absolute atomic E-state index is 14.1. The molecule has 3 aromatic rings. The van der Waals surface area contributed by atoms with Gasteiger partial charge in [-0.05, 0) is 41.3 Å². The summed E-state index contributed by atoms with van der Waals surface area (Å²) in [4.78, 5) is 41.3. The number of thioether (sulfide) groups is 1. The molecule has 0 aliphatic carbocycles. The fraction of sp³-hybridized carbons (Fsp3) is 0.250. The van der Waals surface area contributed by atoms with E-state index in [4.69, 9.17) is 22.1 Å². The first-order valence-corrected chi connectivity index (χ1v) is 14.7. The second kappa shape index (κ2) is 14.6. The number of rotatable bonds is 13. The van der Waals surface area contributed by atoms with Crippen molar-refractivity contribution in [2.24, 2.45) is 0 Å². The van der Waals surface area contributed by atoms with Crippen molar-refractivity contribution >= 4 is 52.2 Å². The number of aliphatic carboxylic acids is 1. The maximum atomic E-state index is 14.1. The molecule has 0 radical (unpaired) electrons. The van der Waals surface area contributed by atoms with Crippen molar-refractivity contribution in [2.75, 3.05) is 13.1 Å². The van der Waals surface area contributed by atoms with Crippen LogP contribution in [0, 0.1) is 0 Å². The van der Waals surface area contributed by atoms with Crippen LogP contribution in [0.1, 0.15) is 53.2 Å². The molecule has 1 fully saturated rings. The highest BCUT2D eigenvalue weighted by molar-refractivity contribution is 8.26. The molecule has 0 bridgehead atoms. The van der Waals surface area contributed by atoms with Gasteiger partial charge in [-0.1, -0.05) is 110 Å². The Morgan fingerprint density at radius 1 is 1.00 bits per heavy atom. The van der Waals surface area contributed by atoms with Crippen LogP contribution in [0.25, 0.3) is 6.08 Å². The molecule has 0 atom stereocenters. The average Bonchev–Trinajstić information content (AvgIpc) is 3.23. The van der Waals surface area contributed by atoms with Crippen molar-refractivity contribution in [1.82, 2.24) is 9.80 Å². The van der Waals surface area contributed by atoms with Crippen molar-refractivity contribution in [2.45, 2.75) is 39.3 Å². The lowest BCUT2D eigenvalue weighted by atomic mass is 10.1. The molecule has 1 N–H and O–H groups in total. The van der Waals surface area contributed by atoms with Crippen LogP contribution in [0.5, 0.6) is 5.75 Å². The second-order valence-corrected chi connectivity index (χ2v) is 11.3. The number of carboxylic acids is 1. The molecule has 2 amide bonds. The summed E-state index contributed by atoms with van der Waals surface area (Å²) < 4.78 is 6.35. The Hall–Kier alpha value is -3.95. The SMILES string of the molecule is CCCCCN(Cc1ccccc1)C(=O)c1cc(C=C2SC(=S)N(CC(=O)O)C2=O)ccc1OCc1ccccc1. The number of ether oxygens (including phenoxy) is 1. The Labute approximate surface area is 249 Å². The lowest BCUT2D eigenvalue weighted by Gasteiger charge is -2.24. The van der Waals surface area contributed by atoms with Crippen molar-refractivity contribution in [3.8, 4) is 5.75 Å². The predicted octanol–water partition coefficient (Wildman–Crippen LogP) is 6.38. The average molecular weight is 589 g/mol. The van der Waals surface area contributed by atoms with Crippen LogP contribution >= 0.6 is 24.0 Å². The van der Waals surface area contributed by atoms with Crippen LogP contribution < -0.4 is 4.74 Å². The summed E-state index contributed by atoms with van der Waals surface area (Å²) >= 11 is 6.27. The Morgan fingerprint density at radius 2 is 1.68 bits per heavy atom. The van der Waals surface area contributed by atoms with Gasteiger partial charge in [0, 0.05) is 13.1 Å². The number of carbonyl (C=O) groups excluding carboxylic acids is 2. The van der Waals surface area contributed by atoms with Crippen molar-refractivity contribution in [1.29, 1.82) is 0 Å². The predicted molar refractivity (Wildman–Crippen MR) is 165 cm³/mol. The molecular formula is C32H32N2O5S2. The molecule has 7 nitrogen and oxygen atoms in total. The first-order chi connectivity index (χ1) is 19.9. The summed E-state index contributed by atoms with van der Waals surface area (Å²) in [6, 6.07) is 24.8. The van der Waals surface area contributed by atoms with Gasteiger partial charge >= 0.3 is 5.97 Å². The first kappa shape index (κ1) is 30.0. The third-order valence-corrected chi connectivity index (χ3v) is 7.85. The third-order valence-electron chi connectivity index (χ3n) is 6.47. The van der Waals surface area contributed by atoms with Gasteiger partial charge in [-0.3, -0.25) is 19.3 Å². The van der Waals surface area contributed by atoms with Crippen molar-refractivity contribution < 1.29 is 24.2 Å². The molecule has 1 heterocycles. The van der Waals surface area contributed by atoms with Crippen molar-refractivity contribution in [3.05, 3.63) is 106 Å². The number of thiocarbonyl (C=S) groups is 1. The zero-order valence-corrected chi connectivity index (χ0v) is 24.5. The molecule has 41 heavy (non-hydrogen) atoms. The zero-order chi connectivity index (χ0) is 29.2. The molecule has 0 unspecified atom stereocenters. The molecule has 1 aliphatic rings. The molecule has 0 aromatic heterocycles. The van der Waals surface area contributed by atoms with Gasteiger partial charge in [0.1, 0.15) is 23.2 Å². The van der Waals surface area contributed by atoms with E-state index in [0.717, 1.165) is 47.1 Å². The number of amides is 2. The summed E-state index contributed by atoms with van der Waals surface area (Å²) in [6.45, 7) is 2.98. The highest BCUT2D eigenvalue weighted by atomic mass is 32.2. The quantitative estimate of drug-likeness (QED) is 0.141. The molecule has 1 saturated heterocycles. The lowest BCUT2D eigenvalue weighted by Crippen LogP contribution is -2.33. The van der Waals surface area contributed by atoms with Gasteiger partial charge in [-0.15, -0.1) is 0 Å². The van der Waals surface area contributed by atoms with E-state index in [2.05, 4.69) is 6.92 Å². The summed E-state index contributed by atoms with van der Waals surface area (Å²) in [7, 11) is 0. The summed E-state index contributed by atoms with van der Waals surface area (Å²) in [5.41, 5.74) is 3.01. The van der Waals surface area contributed by atoms with Gasteiger partial charge in [-0.2, -0.15) is 0 Å². The highest BCUT2D eigenvalue weighted by Crippen LogP contribution is 2.33. The van der Waals surface area contributed by atoms with Gasteiger partial charge < -0.3 is 14.7 Å². The van der Waals surface area contributed by atoms with Crippen LogP contribution in [0.15, 0.2) is 83.8 Å². The Bertz CT molecular complexity index is 1430. The molecule has 0 saturated carbocycles. The van der Waals surface area contributed by atoms with E-state index in [1.165, 1.54) is 0 Å². The molecule has 0 spiro atoms. The molecular weight excluding hydrogens is 556 g/mol. The molecule has 3 aromatic carbocycles. The van der Waals surface area contributed by atoms with Gasteiger partial charge in [0.2, 0.25) is 0 Å². The monoisotopic (exact) mass is 588 g/mol. The smallest absolute Gasteiger partial charge is 0.323 e. The number of carbonyl (C=O) groups is 3. The van der Waals surface area contributed by atoms with Gasteiger partial charge in [0.15, 0.2) is 0 Å². The van der Waals surface area contributed by atoms with E-state index in [1.54, 1.807) is 24.3 Å². The Kier molecular flexibility index (Phi) is 10.7. The number of nitrogens with zero attached hydrogens (tertiary/aromatic N) is 2. The normalized spacial score (nSPS) is 14.0. The Morgan fingerprint density at radius 3 is 2.34 bits per heavy atom. The van der Waals surface area contributed by atoms with E-state index in [-0.39, 0.29) is 10.2 Å². The lowest BCUT2D eigenvalue weighted by molar-refractivity contribution is -0.140. The second-order valence-electron chi connectivity index (χ2n) is 9.61. The van der Waals surface area contributed by atoms with Crippen LogP contribution in [-0.4, -0.2) is 50.1 Å². The summed E-state index contributed by atoms with van der Waals surface area (Å²) in [6.07, 6.45) is 4.56. The summed E-state index contributed by atoms with van der Waals surface area (Å²) in [5, 5.41) is 9.14. The minimum absolute atomic E-state index is 0.165. The largest absolute Gasteiger partial charge is 0.488 e. The van der Waals surface area contributed by atoms with E-state index in [0.29, 0.717) is 41.5 Å². The number of hydrogen-bond acceptors (Lipinski definition) is 6. The highest BCUT2D eigenvalue weighted by Gasteiger charge is 2.33. The van der Waals surface area contributed by atoms with Gasteiger partial charge in [0.05, 0.1) is 10.5 Å².